The zero-order chi connectivity index (χ0) is 14.0. The van der Waals surface area contributed by atoms with E-state index >= 15 is 0 Å². The van der Waals surface area contributed by atoms with Crippen molar-refractivity contribution in [1.82, 2.24) is 0 Å². The van der Waals surface area contributed by atoms with E-state index in [1.807, 2.05) is 0 Å². The first-order valence-corrected chi connectivity index (χ1v) is 6.83. The first-order chi connectivity index (χ1) is 8.86. The molecule has 0 spiro atoms. The van der Waals surface area contributed by atoms with Crippen LogP contribution in [0.5, 0.6) is 5.75 Å². The van der Waals surface area contributed by atoms with E-state index in [0.717, 1.165) is 25.3 Å². The Morgan fingerprint density at radius 3 is 2.45 bits per heavy atom. The van der Waals surface area contributed by atoms with Crippen molar-refractivity contribution in [2.45, 2.75) is 45.6 Å². The molecule has 0 saturated heterocycles. The summed E-state index contributed by atoms with van der Waals surface area (Å²) in [6, 6.07) is 4.08. The molecule has 106 valence electrons. The predicted molar refractivity (Wildman–Crippen MR) is 71.9 cm³/mol. The Labute approximate surface area is 161 Å². The van der Waals surface area contributed by atoms with Crippen LogP contribution >= 0.6 is 0 Å². The summed E-state index contributed by atoms with van der Waals surface area (Å²) in [4.78, 5) is 0. The molecule has 0 bridgehead atoms. The Hall–Kier alpha value is 0.511. The third kappa shape index (κ3) is 5.05. The normalized spacial score (nSPS) is 23.1. The van der Waals surface area contributed by atoms with E-state index in [9.17, 15) is 12.9 Å². The molecule has 2 atom stereocenters. The number of ether oxygens (including phenoxy) is 1. The fraction of sp³-hybridized carbons (Fsp3) is 0.571. The number of halogens is 3. The maximum atomic E-state index is 12.7. The molecule has 0 N–H and O–H groups in total. The smallest absolute Gasteiger partial charge is 0.490 e. The van der Waals surface area contributed by atoms with Gasteiger partial charge in [0.05, 0.1) is 6.10 Å². The number of aryl methyl sites for hydroxylation is 1. The molecule has 6 heteroatoms. The van der Waals surface area contributed by atoms with Crippen molar-refractivity contribution in [3.8, 4) is 5.75 Å². The van der Waals surface area contributed by atoms with Crippen molar-refractivity contribution in [2.24, 2.45) is 5.92 Å². The van der Waals surface area contributed by atoms with Gasteiger partial charge in [0, 0.05) is 0 Å². The summed E-state index contributed by atoms with van der Waals surface area (Å²) in [6.07, 6.45) is 4.48. The SMILES string of the molecule is Cc1cc(OC2CCCC(C)C2)ccc1[B-](F)(F)F.[K+]. The Kier molecular flexibility index (Phi) is 7.12. The second-order valence-corrected chi connectivity index (χ2v) is 5.60. The van der Waals surface area contributed by atoms with Crippen LogP contribution < -0.4 is 61.6 Å². The van der Waals surface area contributed by atoms with Crippen LogP contribution in [0.1, 0.15) is 38.2 Å². The maximum absolute atomic E-state index is 12.7. The van der Waals surface area contributed by atoms with Gasteiger partial charge in [-0.25, -0.2) is 0 Å². The molecule has 0 heterocycles. The van der Waals surface area contributed by atoms with Gasteiger partial charge in [-0.2, -0.15) is 0 Å². The number of hydrogen-bond acceptors (Lipinski definition) is 1. The van der Waals surface area contributed by atoms with Crippen LogP contribution in [0.2, 0.25) is 0 Å². The second kappa shape index (κ2) is 7.68. The molecular formula is C14H19BF3KO. The van der Waals surface area contributed by atoms with Crippen molar-refractivity contribution < 1.29 is 69.1 Å². The van der Waals surface area contributed by atoms with Crippen LogP contribution in [0.25, 0.3) is 0 Å². The Morgan fingerprint density at radius 2 is 1.90 bits per heavy atom. The van der Waals surface area contributed by atoms with Crippen molar-refractivity contribution in [3.05, 3.63) is 23.8 Å². The zero-order valence-electron chi connectivity index (χ0n) is 12.3. The van der Waals surface area contributed by atoms with E-state index in [2.05, 4.69) is 6.92 Å². The summed E-state index contributed by atoms with van der Waals surface area (Å²) in [5, 5.41) is 0. The molecule has 20 heavy (non-hydrogen) atoms. The van der Waals surface area contributed by atoms with Crippen LogP contribution in [-0.4, -0.2) is 13.1 Å². The molecule has 0 amide bonds. The molecule has 0 radical (unpaired) electrons. The molecule has 2 unspecified atom stereocenters. The average Bonchev–Trinajstić information content (AvgIpc) is 2.27. The largest absolute Gasteiger partial charge is 1.00 e. The van der Waals surface area contributed by atoms with E-state index in [1.165, 1.54) is 25.5 Å². The molecule has 2 rings (SSSR count). The topological polar surface area (TPSA) is 9.23 Å². The van der Waals surface area contributed by atoms with Crippen LogP contribution in [0.15, 0.2) is 18.2 Å². The molecule has 0 aliphatic heterocycles. The van der Waals surface area contributed by atoms with Crippen molar-refractivity contribution in [3.63, 3.8) is 0 Å². The van der Waals surface area contributed by atoms with E-state index < -0.39 is 12.4 Å². The standard InChI is InChI=1S/C14H19BF3O.K/c1-10-4-3-5-12(8-10)19-13-6-7-14(11(2)9-13)15(16,17)18;/h6-7,9-10,12H,3-5,8H2,1-2H3;/q-1;+1. The third-order valence-corrected chi connectivity index (χ3v) is 3.78. The zero-order valence-corrected chi connectivity index (χ0v) is 15.5. The van der Waals surface area contributed by atoms with Crippen molar-refractivity contribution >= 4 is 12.4 Å². The van der Waals surface area contributed by atoms with Gasteiger partial charge in [0.1, 0.15) is 5.75 Å². The average molecular weight is 310 g/mol. The summed E-state index contributed by atoms with van der Waals surface area (Å²) >= 11 is 0. The Morgan fingerprint density at radius 1 is 1.20 bits per heavy atom. The van der Waals surface area contributed by atoms with E-state index in [0.29, 0.717) is 11.7 Å². The van der Waals surface area contributed by atoms with E-state index in [-0.39, 0.29) is 63.1 Å². The number of benzene rings is 1. The fourth-order valence-corrected chi connectivity index (χ4v) is 2.77. The van der Waals surface area contributed by atoms with Gasteiger partial charge in [0.25, 0.3) is 0 Å². The van der Waals surface area contributed by atoms with E-state index in [1.54, 1.807) is 0 Å². The van der Waals surface area contributed by atoms with Crippen LogP contribution in [-0.2, 0) is 0 Å². The van der Waals surface area contributed by atoms with Crippen LogP contribution in [0.4, 0.5) is 12.9 Å². The summed E-state index contributed by atoms with van der Waals surface area (Å²) in [5.74, 6) is 1.19. The molecule has 1 aliphatic carbocycles. The number of hydrogen-bond donors (Lipinski definition) is 0. The summed E-state index contributed by atoms with van der Waals surface area (Å²) in [6.45, 7) is -1.26. The predicted octanol–water partition coefficient (Wildman–Crippen LogP) is 1.01. The first-order valence-electron chi connectivity index (χ1n) is 6.83. The monoisotopic (exact) mass is 310 g/mol. The summed E-state index contributed by atoms with van der Waals surface area (Å²) in [5.41, 5.74) is -0.279. The molecule has 1 fully saturated rings. The Bertz CT molecular complexity index is 451. The van der Waals surface area contributed by atoms with Gasteiger partial charge < -0.3 is 17.7 Å². The van der Waals surface area contributed by atoms with E-state index in [4.69, 9.17) is 4.74 Å². The third-order valence-electron chi connectivity index (χ3n) is 3.78. The number of rotatable bonds is 3. The summed E-state index contributed by atoms with van der Waals surface area (Å²) in [7, 11) is 0. The molecule has 1 nitrogen and oxygen atoms in total. The molecule has 1 aromatic rings. The van der Waals surface area contributed by atoms with Crippen molar-refractivity contribution in [1.29, 1.82) is 0 Å². The van der Waals surface area contributed by atoms with Gasteiger partial charge in [-0.3, -0.25) is 0 Å². The van der Waals surface area contributed by atoms with Crippen LogP contribution in [0.3, 0.4) is 0 Å². The molecule has 0 aromatic heterocycles. The first kappa shape index (κ1) is 18.6. The Balaban J connectivity index is 0.00000200. The minimum absolute atomic E-state index is 0. The minimum atomic E-state index is -4.93. The van der Waals surface area contributed by atoms with Gasteiger partial charge in [0.2, 0.25) is 0 Å². The van der Waals surface area contributed by atoms with Gasteiger partial charge in [0.15, 0.2) is 0 Å². The van der Waals surface area contributed by atoms with Gasteiger partial charge in [-0.05, 0) is 44.2 Å². The molecular weight excluding hydrogens is 291 g/mol. The molecule has 1 saturated carbocycles. The maximum Gasteiger partial charge on any atom is 1.00 e. The fourth-order valence-electron chi connectivity index (χ4n) is 2.77. The van der Waals surface area contributed by atoms with Crippen LogP contribution in [0, 0.1) is 12.8 Å². The van der Waals surface area contributed by atoms with Gasteiger partial charge in [-0.15, -0.1) is 5.46 Å². The quantitative estimate of drug-likeness (QED) is 0.757. The molecule has 1 aliphatic rings. The summed E-state index contributed by atoms with van der Waals surface area (Å²) < 4.78 is 43.9. The van der Waals surface area contributed by atoms with Gasteiger partial charge >= 0.3 is 58.4 Å². The van der Waals surface area contributed by atoms with Gasteiger partial charge in [-0.1, -0.05) is 25.0 Å². The van der Waals surface area contributed by atoms with Crippen molar-refractivity contribution in [2.75, 3.05) is 0 Å². The molecule has 1 aromatic carbocycles. The second-order valence-electron chi connectivity index (χ2n) is 5.60. The minimum Gasteiger partial charge on any atom is -0.490 e.